The third kappa shape index (κ3) is 2.05. The lowest BCUT2D eigenvalue weighted by Crippen LogP contribution is -2.06. The lowest BCUT2D eigenvalue weighted by molar-refractivity contribution is -0.384. The number of nitrogens with zero attached hydrogens (tertiary/aromatic N) is 4. The Balaban J connectivity index is 2.03. The Morgan fingerprint density at radius 1 is 1.25 bits per heavy atom. The van der Waals surface area contributed by atoms with Crippen molar-refractivity contribution in [3.63, 3.8) is 0 Å². The first kappa shape index (κ1) is 12.4. The zero-order valence-electron chi connectivity index (χ0n) is 11.1. The molecule has 0 N–H and O–H groups in total. The van der Waals surface area contributed by atoms with Crippen LogP contribution in [0, 0.1) is 10.1 Å². The van der Waals surface area contributed by atoms with E-state index in [0.29, 0.717) is 6.54 Å². The standard InChI is InChI=1S/C14H14N4O2/c1-2-16-8-6-15-14(16)10-17-7-5-11-3-4-12(18(19)20)9-13(11)17/h3-9H,2,10H2,1H3. The molecule has 2 aromatic heterocycles. The van der Waals surface area contributed by atoms with Crippen LogP contribution >= 0.6 is 0 Å². The van der Waals surface area contributed by atoms with E-state index in [1.807, 2.05) is 23.0 Å². The van der Waals surface area contributed by atoms with Gasteiger partial charge in [-0.25, -0.2) is 4.98 Å². The van der Waals surface area contributed by atoms with Gasteiger partial charge < -0.3 is 9.13 Å². The second-order valence-electron chi connectivity index (χ2n) is 4.57. The summed E-state index contributed by atoms with van der Waals surface area (Å²) in [6.45, 7) is 3.52. The van der Waals surface area contributed by atoms with Gasteiger partial charge in [-0.3, -0.25) is 10.1 Å². The van der Waals surface area contributed by atoms with Crippen LogP contribution in [-0.4, -0.2) is 19.0 Å². The van der Waals surface area contributed by atoms with Gasteiger partial charge >= 0.3 is 0 Å². The van der Waals surface area contributed by atoms with E-state index in [-0.39, 0.29) is 10.6 Å². The van der Waals surface area contributed by atoms with E-state index in [2.05, 4.69) is 16.5 Å². The van der Waals surface area contributed by atoms with Crippen molar-refractivity contribution in [2.75, 3.05) is 0 Å². The minimum Gasteiger partial charge on any atom is -0.340 e. The number of nitro groups is 1. The van der Waals surface area contributed by atoms with Crippen molar-refractivity contribution in [1.82, 2.24) is 14.1 Å². The number of benzene rings is 1. The van der Waals surface area contributed by atoms with Crippen molar-refractivity contribution in [2.45, 2.75) is 20.0 Å². The van der Waals surface area contributed by atoms with Crippen LogP contribution in [0.4, 0.5) is 5.69 Å². The van der Waals surface area contributed by atoms with Gasteiger partial charge in [0.2, 0.25) is 0 Å². The molecule has 0 unspecified atom stereocenters. The molecular weight excluding hydrogens is 256 g/mol. The number of imidazole rings is 1. The number of nitro benzene ring substituents is 1. The van der Waals surface area contributed by atoms with Gasteiger partial charge in [0.15, 0.2) is 0 Å². The molecule has 3 aromatic rings. The third-order valence-corrected chi connectivity index (χ3v) is 3.42. The van der Waals surface area contributed by atoms with E-state index in [0.717, 1.165) is 23.3 Å². The predicted octanol–water partition coefficient (Wildman–Crippen LogP) is 2.81. The molecule has 0 radical (unpaired) electrons. The van der Waals surface area contributed by atoms with Crippen LogP contribution in [0.3, 0.4) is 0 Å². The first-order chi connectivity index (χ1) is 9.69. The fourth-order valence-corrected chi connectivity index (χ4v) is 2.36. The van der Waals surface area contributed by atoms with E-state index >= 15 is 0 Å². The van der Waals surface area contributed by atoms with Gasteiger partial charge in [0.05, 0.1) is 17.0 Å². The highest BCUT2D eigenvalue weighted by atomic mass is 16.6. The Labute approximate surface area is 115 Å². The molecule has 0 bridgehead atoms. The van der Waals surface area contributed by atoms with Gasteiger partial charge in [0, 0.05) is 42.7 Å². The van der Waals surface area contributed by atoms with Crippen LogP contribution < -0.4 is 0 Å². The summed E-state index contributed by atoms with van der Waals surface area (Å²) in [6.07, 6.45) is 5.64. The molecule has 6 nitrogen and oxygen atoms in total. The molecule has 0 aliphatic heterocycles. The fourth-order valence-electron chi connectivity index (χ4n) is 2.36. The van der Waals surface area contributed by atoms with Crippen LogP contribution in [0.1, 0.15) is 12.7 Å². The normalized spacial score (nSPS) is 11.1. The Hall–Kier alpha value is -2.63. The SMILES string of the molecule is CCn1ccnc1Cn1ccc2ccc([N+](=O)[O-])cc21. The Morgan fingerprint density at radius 3 is 2.85 bits per heavy atom. The first-order valence-electron chi connectivity index (χ1n) is 6.42. The number of aromatic nitrogens is 3. The molecule has 0 aliphatic rings. The van der Waals surface area contributed by atoms with E-state index in [9.17, 15) is 10.1 Å². The molecule has 2 heterocycles. The quantitative estimate of drug-likeness (QED) is 0.541. The average molecular weight is 270 g/mol. The molecular formula is C14H14N4O2. The number of rotatable bonds is 4. The molecule has 1 aromatic carbocycles. The maximum atomic E-state index is 10.9. The van der Waals surface area contributed by atoms with Crippen molar-refractivity contribution in [3.8, 4) is 0 Å². The van der Waals surface area contributed by atoms with Crippen molar-refractivity contribution in [2.24, 2.45) is 0 Å². The molecule has 0 saturated heterocycles. The van der Waals surface area contributed by atoms with E-state index in [1.54, 1.807) is 18.3 Å². The van der Waals surface area contributed by atoms with Crippen LogP contribution in [-0.2, 0) is 13.1 Å². The van der Waals surface area contributed by atoms with E-state index in [4.69, 9.17) is 0 Å². The zero-order chi connectivity index (χ0) is 14.1. The number of hydrogen-bond acceptors (Lipinski definition) is 3. The second-order valence-corrected chi connectivity index (χ2v) is 4.57. The molecule has 102 valence electrons. The number of non-ortho nitro benzene ring substituents is 1. The zero-order valence-corrected chi connectivity index (χ0v) is 11.1. The van der Waals surface area contributed by atoms with Crippen molar-refractivity contribution in [1.29, 1.82) is 0 Å². The van der Waals surface area contributed by atoms with Gasteiger partial charge in [0.1, 0.15) is 5.82 Å². The fraction of sp³-hybridized carbons (Fsp3) is 0.214. The predicted molar refractivity (Wildman–Crippen MR) is 75.6 cm³/mol. The van der Waals surface area contributed by atoms with Crippen molar-refractivity contribution >= 4 is 16.6 Å². The molecule has 6 heteroatoms. The summed E-state index contributed by atoms with van der Waals surface area (Å²) in [6, 6.07) is 6.86. The van der Waals surface area contributed by atoms with E-state index < -0.39 is 0 Å². The highest BCUT2D eigenvalue weighted by molar-refractivity contribution is 5.82. The van der Waals surface area contributed by atoms with Crippen LogP contribution in [0.5, 0.6) is 0 Å². The van der Waals surface area contributed by atoms with Gasteiger partial charge in [-0.15, -0.1) is 0 Å². The second kappa shape index (κ2) is 4.80. The van der Waals surface area contributed by atoms with Gasteiger partial charge in [0.25, 0.3) is 5.69 Å². The van der Waals surface area contributed by atoms with Gasteiger partial charge in [-0.2, -0.15) is 0 Å². The van der Waals surface area contributed by atoms with Gasteiger partial charge in [-0.1, -0.05) is 0 Å². The molecule has 0 amide bonds. The summed E-state index contributed by atoms with van der Waals surface area (Å²) in [7, 11) is 0. The Morgan fingerprint density at radius 2 is 2.10 bits per heavy atom. The summed E-state index contributed by atoms with van der Waals surface area (Å²) in [5.41, 5.74) is 0.959. The molecule has 0 saturated carbocycles. The van der Waals surface area contributed by atoms with Crippen molar-refractivity contribution < 1.29 is 4.92 Å². The summed E-state index contributed by atoms with van der Waals surface area (Å²) < 4.78 is 4.04. The smallest absolute Gasteiger partial charge is 0.271 e. The number of fused-ring (bicyclic) bond motifs is 1. The summed E-state index contributed by atoms with van der Waals surface area (Å²) in [5, 5.41) is 11.9. The summed E-state index contributed by atoms with van der Waals surface area (Å²) >= 11 is 0. The maximum absolute atomic E-state index is 10.9. The summed E-state index contributed by atoms with van der Waals surface area (Å²) in [4.78, 5) is 14.8. The lowest BCUT2D eigenvalue weighted by atomic mass is 10.2. The number of hydrogen-bond donors (Lipinski definition) is 0. The maximum Gasteiger partial charge on any atom is 0.271 e. The third-order valence-electron chi connectivity index (χ3n) is 3.42. The molecule has 0 fully saturated rings. The summed E-state index contributed by atoms with van der Waals surface area (Å²) in [5.74, 6) is 0.941. The Kier molecular flexibility index (Phi) is 2.98. The number of aryl methyl sites for hydroxylation is 1. The lowest BCUT2D eigenvalue weighted by Gasteiger charge is -2.07. The minimum atomic E-state index is -0.371. The highest BCUT2D eigenvalue weighted by Crippen LogP contribution is 2.22. The highest BCUT2D eigenvalue weighted by Gasteiger charge is 2.10. The molecule has 0 atom stereocenters. The van der Waals surface area contributed by atoms with Gasteiger partial charge in [-0.05, 0) is 19.1 Å². The topological polar surface area (TPSA) is 65.9 Å². The first-order valence-corrected chi connectivity index (χ1v) is 6.42. The molecule has 0 spiro atoms. The Bertz CT molecular complexity index is 772. The van der Waals surface area contributed by atoms with Crippen LogP contribution in [0.2, 0.25) is 0 Å². The van der Waals surface area contributed by atoms with E-state index in [1.165, 1.54) is 6.07 Å². The molecule has 0 aliphatic carbocycles. The monoisotopic (exact) mass is 270 g/mol. The van der Waals surface area contributed by atoms with Crippen LogP contribution in [0.25, 0.3) is 10.9 Å². The largest absolute Gasteiger partial charge is 0.340 e. The van der Waals surface area contributed by atoms with Crippen molar-refractivity contribution in [3.05, 3.63) is 58.8 Å². The molecule has 3 rings (SSSR count). The molecule has 20 heavy (non-hydrogen) atoms. The van der Waals surface area contributed by atoms with Crippen LogP contribution in [0.15, 0.2) is 42.9 Å². The average Bonchev–Trinajstić information content (AvgIpc) is 3.05. The minimum absolute atomic E-state index is 0.108.